The molecule has 0 aromatic rings. The lowest BCUT2D eigenvalue weighted by atomic mass is 10.8. The first-order chi connectivity index (χ1) is 9.81. The molecule has 0 aromatic carbocycles. The van der Waals surface area contributed by atoms with Crippen molar-refractivity contribution < 1.29 is 28.6 Å². The van der Waals surface area contributed by atoms with Crippen molar-refractivity contribution in [3.05, 3.63) is 0 Å². The van der Waals surface area contributed by atoms with Gasteiger partial charge in [0.25, 0.3) is 0 Å². The molecule has 0 aromatic heterocycles. The maximum atomic E-state index is 10.0. The molecule has 126 valence electrons. The van der Waals surface area contributed by atoms with Crippen molar-refractivity contribution in [2.24, 2.45) is 0 Å². The Morgan fingerprint density at radius 3 is 1.24 bits per heavy atom. The summed E-state index contributed by atoms with van der Waals surface area (Å²) in [6.45, 7) is 4.75. The number of carbonyl (C=O) groups excluding carboxylic acids is 3. The summed E-state index contributed by atoms with van der Waals surface area (Å²) >= 11 is 0. The minimum absolute atomic E-state index is 0.255. The Morgan fingerprint density at radius 2 is 1.10 bits per heavy atom. The lowest BCUT2D eigenvalue weighted by Crippen LogP contribution is -2.21. The highest BCUT2D eigenvalue weighted by Crippen LogP contribution is 1.79. The topological polar surface area (TPSA) is 115 Å². The highest BCUT2D eigenvalue weighted by atomic mass is 16.7. The predicted octanol–water partition coefficient (Wildman–Crippen LogP) is -0.821. The molecule has 0 aliphatic rings. The lowest BCUT2D eigenvalue weighted by Gasteiger charge is -1.99. The first kappa shape index (κ1) is 24.3. The predicted molar refractivity (Wildman–Crippen MR) is 77.1 cm³/mol. The van der Waals surface area contributed by atoms with Crippen molar-refractivity contribution in [2.45, 2.75) is 20.8 Å². The third-order valence-electron chi connectivity index (χ3n) is 1.30. The zero-order valence-electron chi connectivity index (χ0n) is 13.6. The fraction of sp³-hybridized carbons (Fsp3) is 0.750. The first-order valence-electron chi connectivity index (χ1n) is 6.15. The maximum Gasteiger partial charge on any atom is 0.305 e. The van der Waals surface area contributed by atoms with Crippen LogP contribution in [-0.2, 0) is 28.6 Å². The quantitative estimate of drug-likeness (QED) is 0.427. The Hall–Kier alpha value is -1.71. The number of rotatable bonds is 6. The Morgan fingerprint density at radius 1 is 0.714 bits per heavy atom. The van der Waals surface area contributed by atoms with Crippen LogP contribution in [0, 0.1) is 0 Å². The summed E-state index contributed by atoms with van der Waals surface area (Å²) in [4.78, 5) is 30.0. The van der Waals surface area contributed by atoms with Crippen LogP contribution in [0.5, 0.6) is 0 Å². The van der Waals surface area contributed by atoms with Crippen molar-refractivity contribution in [3.63, 3.8) is 0 Å². The van der Waals surface area contributed by atoms with Crippen LogP contribution in [0.2, 0.25) is 0 Å². The van der Waals surface area contributed by atoms with E-state index in [1.165, 1.54) is 20.8 Å². The van der Waals surface area contributed by atoms with E-state index >= 15 is 0 Å². The molecule has 0 fully saturated rings. The number of nitrogens with one attached hydrogen (secondary N) is 3. The molecule has 3 N–H and O–H groups in total. The zero-order chi connectivity index (χ0) is 17.1. The number of hydrogen-bond acceptors (Lipinski definition) is 9. The van der Waals surface area contributed by atoms with Gasteiger partial charge < -0.3 is 24.8 Å². The van der Waals surface area contributed by atoms with Gasteiger partial charge in [-0.3, -0.25) is 19.7 Å². The van der Waals surface area contributed by atoms with Gasteiger partial charge >= 0.3 is 17.9 Å². The van der Waals surface area contributed by atoms with Gasteiger partial charge in [0.1, 0.15) is 6.73 Å². The Labute approximate surface area is 125 Å². The maximum absolute atomic E-state index is 10.0. The van der Waals surface area contributed by atoms with Gasteiger partial charge in [-0.1, -0.05) is 0 Å². The molecule has 0 saturated heterocycles. The molecule has 0 aliphatic carbocycles. The van der Waals surface area contributed by atoms with Gasteiger partial charge in [-0.25, -0.2) is 0 Å². The van der Waals surface area contributed by atoms with Gasteiger partial charge in [0.2, 0.25) is 6.79 Å². The summed E-state index contributed by atoms with van der Waals surface area (Å²) in [5.74, 6) is -1.18. The smallest absolute Gasteiger partial charge is 0.305 e. The number of ether oxygens (including phenoxy) is 3. The molecule has 0 aliphatic heterocycles. The van der Waals surface area contributed by atoms with Gasteiger partial charge in [-0.2, -0.15) is 0 Å². The molecule has 9 heteroatoms. The largest absolute Gasteiger partial charge is 0.450 e. The van der Waals surface area contributed by atoms with Crippen LogP contribution in [0.4, 0.5) is 0 Å². The summed E-state index contributed by atoms with van der Waals surface area (Å²) in [6.07, 6.45) is 0. The Kier molecular flexibility index (Phi) is 23.9. The standard InChI is InChI=1S/C5H8O4.C4H9NO2.C3H10N2/c1-4(6)8-3-9-5(2)7;1-4(6)7-3-5-2;1-4-3-5-2/h3H2,1-2H3;5H,3H2,1-2H3;4-5H,3H2,1-2H3. The van der Waals surface area contributed by atoms with Crippen LogP contribution in [0.1, 0.15) is 20.8 Å². The Bertz CT molecular complexity index is 258. The van der Waals surface area contributed by atoms with Crippen molar-refractivity contribution >= 4 is 17.9 Å². The molecule has 0 atom stereocenters. The lowest BCUT2D eigenvalue weighted by molar-refractivity contribution is -0.164. The monoisotopic (exact) mass is 309 g/mol. The van der Waals surface area contributed by atoms with Crippen LogP contribution in [0.3, 0.4) is 0 Å². The first-order valence-corrected chi connectivity index (χ1v) is 6.15. The van der Waals surface area contributed by atoms with E-state index in [0.29, 0.717) is 6.73 Å². The third-order valence-corrected chi connectivity index (χ3v) is 1.30. The van der Waals surface area contributed by atoms with E-state index < -0.39 is 11.9 Å². The van der Waals surface area contributed by atoms with E-state index in [1.54, 1.807) is 7.05 Å². The van der Waals surface area contributed by atoms with Crippen LogP contribution in [-0.4, -0.2) is 59.2 Å². The van der Waals surface area contributed by atoms with E-state index in [0.717, 1.165) is 6.67 Å². The van der Waals surface area contributed by atoms with Crippen LogP contribution in [0.25, 0.3) is 0 Å². The van der Waals surface area contributed by atoms with E-state index in [9.17, 15) is 14.4 Å². The molecule has 9 nitrogen and oxygen atoms in total. The molecular formula is C12H27N3O6. The highest BCUT2D eigenvalue weighted by molar-refractivity contribution is 5.67. The normalized spacial score (nSPS) is 8.29. The molecule has 0 spiro atoms. The minimum Gasteiger partial charge on any atom is -0.450 e. The average molecular weight is 309 g/mol. The summed E-state index contributed by atoms with van der Waals surface area (Å²) in [5.41, 5.74) is 0. The third kappa shape index (κ3) is 45.8. The molecule has 0 heterocycles. The molecule has 0 unspecified atom stereocenters. The van der Waals surface area contributed by atoms with Gasteiger partial charge in [0.15, 0.2) is 0 Å². The average Bonchev–Trinajstić information content (AvgIpc) is 2.38. The zero-order valence-corrected chi connectivity index (χ0v) is 13.6. The SMILES string of the molecule is CC(=O)OCOC(C)=O.CNCNC.CNCOC(C)=O. The van der Waals surface area contributed by atoms with Crippen LogP contribution >= 0.6 is 0 Å². The van der Waals surface area contributed by atoms with Crippen LogP contribution < -0.4 is 16.0 Å². The van der Waals surface area contributed by atoms with E-state index in [-0.39, 0.29) is 12.8 Å². The summed E-state index contributed by atoms with van der Waals surface area (Å²) < 4.78 is 13.0. The molecule has 0 rings (SSSR count). The van der Waals surface area contributed by atoms with Crippen LogP contribution in [0.15, 0.2) is 0 Å². The summed E-state index contributed by atoms with van der Waals surface area (Å²) in [6, 6.07) is 0. The number of hydrogen-bond donors (Lipinski definition) is 3. The second-order valence-corrected chi connectivity index (χ2v) is 3.41. The highest BCUT2D eigenvalue weighted by Gasteiger charge is 1.93. The molecule has 0 bridgehead atoms. The molecule has 0 saturated carbocycles. The molecular weight excluding hydrogens is 282 g/mol. The number of esters is 3. The van der Waals surface area contributed by atoms with Gasteiger partial charge in [-0.15, -0.1) is 0 Å². The van der Waals surface area contributed by atoms with E-state index in [1.807, 2.05) is 14.1 Å². The fourth-order valence-corrected chi connectivity index (χ4v) is 0.546. The number of carbonyl (C=O) groups is 3. The Balaban J connectivity index is -0.000000242. The second-order valence-electron chi connectivity index (χ2n) is 3.41. The van der Waals surface area contributed by atoms with Crippen molar-refractivity contribution in [1.82, 2.24) is 16.0 Å². The summed E-state index contributed by atoms with van der Waals surface area (Å²) in [7, 11) is 5.51. The van der Waals surface area contributed by atoms with Gasteiger partial charge in [0, 0.05) is 27.4 Å². The second kappa shape index (κ2) is 20.6. The summed E-state index contributed by atoms with van der Waals surface area (Å²) in [5, 5.41) is 8.47. The fourth-order valence-electron chi connectivity index (χ4n) is 0.546. The molecule has 21 heavy (non-hydrogen) atoms. The van der Waals surface area contributed by atoms with E-state index in [4.69, 9.17) is 0 Å². The molecule has 0 radical (unpaired) electrons. The van der Waals surface area contributed by atoms with Crippen molar-refractivity contribution in [2.75, 3.05) is 41.3 Å². The van der Waals surface area contributed by atoms with Gasteiger partial charge in [0.05, 0.1) is 0 Å². The minimum atomic E-state index is -0.462. The van der Waals surface area contributed by atoms with Crippen molar-refractivity contribution in [1.29, 1.82) is 0 Å². The van der Waals surface area contributed by atoms with Gasteiger partial charge in [-0.05, 0) is 21.1 Å². The molecule has 0 amide bonds. The van der Waals surface area contributed by atoms with Crippen molar-refractivity contribution in [3.8, 4) is 0 Å². The van der Waals surface area contributed by atoms with E-state index in [2.05, 4.69) is 30.2 Å².